The van der Waals surface area contributed by atoms with Crippen LogP contribution in [0.1, 0.15) is 24.5 Å². The molecule has 0 aliphatic heterocycles. The van der Waals surface area contributed by atoms with Gasteiger partial charge < -0.3 is 4.90 Å². The third-order valence-corrected chi connectivity index (χ3v) is 3.31. The average Bonchev–Trinajstić information content (AvgIpc) is 3.06. The minimum Gasteiger partial charge on any atom is -0.341 e. The van der Waals surface area contributed by atoms with Gasteiger partial charge in [0, 0.05) is 19.5 Å². The van der Waals surface area contributed by atoms with Crippen molar-refractivity contribution in [3.8, 4) is 6.07 Å². The Bertz CT molecular complexity index is 458. The van der Waals surface area contributed by atoms with Crippen LogP contribution in [0.15, 0.2) is 24.3 Å². The summed E-state index contributed by atoms with van der Waals surface area (Å²) in [7, 11) is 1.84. The average molecular weight is 228 g/mol. The highest BCUT2D eigenvalue weighted by Crippen LogP contribution is 2.39. The van der Waals surface area contributed by atoms with Gasteiger partial charge in [-0.05, 0) is 30.0 Å². The highest BCUT2D eigenvalue weighted by molar-refractivity contribution is 5.81. The van der Waals surface area contributed by atoms with E-state index in [4.69, 9.17) is 5.26 Å². The first-order chi connectivity index (χ1) is 8.11. The zero-order valence-electron chi connectivity index (χ0n) is 10.2. The normalized spacial score (nSPS) is 21.7. The highest BCUT2D eigenvalue weighted by Gasteiger charge is 2.40. The molecular weight excluding hydrogens is 212 g/mol. The van der Waals surface area contributed by atoms with E-state index in [2.05, 4.69) is 13.0 Å². The van der Waals surface area contributed by atoms with Crippen LogP contribution < -0.4 is 0 Å². The third-order valence-electron chi connectivity index (χ3n) is 3.31. The number of hydrogen-bond donors (Lipinski definition) is 0. The molecule has 1 amide bonds. The summed E-state index contributed by atoms with van der Waals surface area (Å²) >= 11 is 0. The lowest BCUT2D eigenvalue weighted by molar-refractivity contribution is -0.132. The van der Waals surface area contributed by atoms with Gasteiger partial charge in [-0.15, -0.1) is 0 Å². The summed E-state index contributed by atoms with van der Waals surface area (Å²) in [4.78, 5) is 13.7. The molecule has 3 heteroatoms. The molecule has 0 bridgehead atoms. The van der Waals surface area contributed by atoms with Crippen LogP contribution in [-0.2, 0) is 11.3 Å². The van der Waals surface area contributed by atoms with Gasteiger partial charge in [-0.25, -0.2) is 0 Å². The van der Waals surface area contributed by atoms with Crippen molar-refractivity contribution in [2.45, 2.75) is 19.9 Å². The Morgan fingerprint density at radius 2 is 2.06 bits per heavy atom. The Hall–Kier alpha value is -1.82. The lowest BCUT2D eigenvalue weighted by atomic mass is 10.1. The summed E-state index contributed by atoms with van der Waals surface area (Å²) in [6, 6.07) is 9.46. The fourth-order valence-electron chi connectivity index (χ4n) is 1.99. The van der Waals surface area contributed by atoms with Gasteiger partial charge in [-0.2, -0.15) is 5.26 Å². The molecule has 0 heterocycles. The number of amides is 1. The van der Waals surface area contributed by atoms with Gasteiger partial charge in [0.15, 0.2) is 0 Å². The molecule has 1 aliphatic carbocycles. The first-order valence-electron chi connectivity index (χ1n) is 5.86. The second-order valence-electron chi connectivity index (χ2n) is 4.82. The van der Waals surface area contributed by atoms with Crippen molar-refractivity contribution in [3.05, 3.63) is 35.4 Å². The molecule has 0 radical (unpaired) electrons. The summed E-state index contributed by atoms with van der Waals surface area (Å²) in [6.07, 6.45) is 1.02. The fourth-order valence-corrected chi connectivity index (χ4v) is 1.99. The predicted octanol–water partition coefficient (Wildman–Crippen LogP) is 2.17. The molecule has 0 spiro atoms. The maximum Gasteiger partial charge on any atom is 0.226 e. The van der Waals surface area contributed by atoms with Crippen LogP contribution in [0, 0.1) is 23.2 Å². The topological polar surface area (TPSA) is 44.1 Å². The highest BCUT2D eigenvalue weighted by atomic mass is 16.2. The zero-order valence-corrected chi connectivity index (χ0v) is 10.2. The van der Waals surface area contributed by atoms with E-state index in [1.54, 1.807) is 17.0 Å². The Balaban J connectivity index is 1.95. The van der Waals surface area contributed by atoms with Crippen LogP contribution in [0.5, 0.6) is 0 Å². The summed E-state index contributed by atoms with van der Waals surface area (Å²) in [5, 5.41) is 8.69. The first kappa shape index (κ1) is 11.7. The van der Waals surface area contributed by atoms with E-state index in [0.717, 1.165) is 12.0 Å². The molecule has 1 saturated carbocycles. The van der Waals surface area contributed by atoms with Gasteiger partial charge >= 0.3 is 0 Å². The van der Waals surface area contributed by atoms with Crippen LogP contribution in [0.3, 0.4) is 0 Å². The summed E-state index contributed by atoms with van der Waals surface area (Å²) in [6.45, 7) is 2.73. The van der Waals surface area contributed by atoms with Crippen LogP contribution >= 0.6 is 0 Å². The molecule has 2 unspecified atom stereocenters. The molecular formula is C14H16N2O. The number of benzene rings is 1. The number of rotatable bonds is 3. The molecule has 88 valence electrons. The molecule has 2 atom stereocenters. The van der Waals surface area contributed by atoms with Crippen LogP contribution in [0.2, 0.25) is 0 Å². The molecule has 1 aromatic rings. The Morgan fingerprint density at radius 1 is 1.47 bits per heavy atom. The van der Waals surface area contributed by atoms with E-state index >= 15 is 0 Å². The van der Waals surface area contributed by atoms with Crippen molar-refractivity contribution in [2.24, 2.45) is 11.8 Å². The minimum atomic E-state index is 0.235. The minimum absolute atomic E-state index is 0.235. The molecule has 0 saturated heterocycles. The SMILES string of the molecule is CC1CC1C(=O)N(C)Cc1ccc(C#N)cc1. The molecule has 1 fully saturated rings. The molecule has 3 nitrogen and oxygen atoms in total. The Labute approximate surface area is 102 Å². The van der Waals surface area contributed by atoms with Crippen LogP contribution in [0.4, 0.5) is 0 Å². The molecule has 17 heavy (non-hydrogen) atoms. The monoisotopic (exact) mass is 228 g/mol. The van der Waals surface area contributed by atoms with E-state index in [-0.39, 0.29) is 11.8 Å². The number of carbonyl (C=O) groups is 1. The maximum absolute atomic E-state index is 11.9. The van der Waals surface area contributed by atoms with Crippen molar-refractivity contribution >= 4 is 5.91 Å². The van der Waals surface area contributed by atoms with Crippen LogP contribution in [0.25, 0.3) is 0 Å². The van der Waals surface area contributed by atoms with Gasteiger partial charge in [-0.3, -0.25) is 4.79 Å². The number of hydrogen-bond acceptors (Lipinski definition) is 2. The van der Waals surface area contributed by atoms with Gasteiger partial charge in [0.05, 0.1) is 11.6 Å². The smallest absolute Gasteiger partial charge is 0.226 e. The van der Waals surface area contributed by atoms with Gasteiger partial charge in [0.2, 0.25) is 5.91 Å². The van der Waals surface area contributed by atoms with Crippen molar-refractivity contribution in [1.82, 2.24) is 4.90 Å². The lowest BCUT2D eigenvalue weighted by Gasteiger charge is -2.17. The second-order valence-corrected chi connectivity index (χ2v) is 4.82. The summed E-state index contributed by atoms with van der Waals surface area (Å²) < 4.78 is 0. The molecule has 1 aromatic carbocycles. The van der Waals surface area contributed by atoms with Crippen molar-refractivity contribution in [1.29, 1.82) is 5.26 Å². The number of nitriles is 1. The van der Waals surface area contributed by atoms with E-state index in [1.165, 1.54) is 0 Å². The van der Waals surface area contributed by atoms with Gasteiger partial charge in [-0.1, -0.05) is 19.1 Å². The maximum atomic E-state index is 11.9. The van der Waals surface area contributed by atoms with Crippen molar-refractivity contribution in [2.75, 3.05) is 7.05 Å². The van der Waals surface area contributed by atoms with Crippen LogP contribution in [-0.4, -0.2) is 17.9 Å². The lowest BCUT2D eigenvalue weighted by Crippen LogP contribution is -2.28. The second kappa shape index (κ2) is 4.58. The molecule has 1 aliphatic rings. The molecule has 2 rings (SSSR count). The number of nitrogens with zero attached hydrogens (tertiary/aromatic N) is 2. The van der Waals surface area contributed by atoms with E-state index in [9.17, 15) is 4.79 Å². The van der Waals surface area contributed by atoms with Gasteiger partial charge in [0.1, 0.15) is 0 Å². The zero-order chi connectivity index (χ0) is 12.4. The molecule has 0 N–H and O–H groups in total. The van der Waals surface area contributed by atoms with E-state index in [0.29, 0.717) is 18.0 Å². The summed E-state index contributed by atoms with van der Waals surface area (Å²) in [5.41, 5.74) is 1.71. The summed E-state index contributed by atoms with van der Waals surface area (Å²) in [5.74, 6) is 1.02. The van der Waals surface area contributed by atoms with Crippen molar-refractivity contribution < 1.29 is 4.79 Å². The number of carbonyl (C=O) groups excluding carboxylic acids is 1. The quantitative estimate of drug-likeness (QED) is 0.795. The molecule has 0 aromatic heterocycles. The largest absolute Gasteiger partial charge is 0.341 e. The van der Waals surface area contributed by atoms with Crippen molar-refractivity contribution in [3.63, 3.8) is 0 Å². The first-order valence-corrected chi connectivity index (χ1v) is 5.86. The van der Waals surface area contributed by atoms with Gasteiger partial charge in [0.25, 0.3) is 0 Å². The fraction of sp³-hybridized carbons (Fsp3) is 0.429. The predicted molar refractivity (Wildman–Crippen MR) is 64.9 cm³/mol. The Morgan fingerprint density at radius 3 is 2.53 bits per heavy atom. The van der Waals surface area contributed by atoms with E-state index < -0.39 is 0 Å². The van der Waals surface area contributed by atoms with E-state index in [1.807, 2.05) is 19.2 Å². The standard InChI is InChI=1S/C14H16N2O/c1-10-7-13(10)14(17)16(2)9-12-5-3-11(8-15)4-6-12/h3-6,10,13H,7,9H2,1-2H3. The Kier molecular flexibility index (Phi) is 3.14. The third kappa shape index (κ3) is 2.65.